The first kappa shape index (κ1) is 20.6. The number of phenols is 1. The molecule has 2 aliphatic heterocycles. The SMILES string of the molecule is Cc1c(O)cccc1C(=O)N1CC[C@H](N2CCN(C)CC2)[C@H](CCC(=O)O)C1. The third-order valence-corrected chi connectivity index (χ3v) is 6.25. The molecule has 1 aromatic rings. The van der Waals surface area contributed by atoms with E-state index in [4.69, 9.17) is 5.11 Å². The van der Waals surface area contributed by atoms with Crippen LogP contribution >= 0.6 is 0 Å². The highest BCUT2D eigenvalue weighted by Gasteiger charge is 2.36. The van der Waals surface area contributed by atoms with Gasteiger partial charge in [-0.1, -0.05) is 6.07 Å². The molecule has 0 saturated carbocycles. The summed E-state index contributed by atoms with van der Waals surface area (Å²) >= 11 is 0. The van der Waals surface area contributed by atoms with Crippen LogP contribution < -0.4 is 0 Å². The van der Waals surface area contributed by atoms with Gasteiger partial charge in [-0.3, -0.25) is 14.5 Å². The summed E-state index contributed by atoms with van der Waals surface area (Å²) in [7, 11) is 2.12. The second-order valence-electron chi connectivity index (χ2n) is 8.09. The molecule has 0 unspecified atom stereocenters. The molecule has 7 nitrogen and oxygen atoms in total. The molecule has 154 valence electrons. The van der Waals surface area contributed by atoms with Crippen LogP contribution in [0.25, 0.3) is 0 Å². The number of piperazine rings is 1. The zero-order chi connectivity index (χ0) is 20.3. The lowest BCUT2D eigenvalue weighted by Gasteiger charge is -2.46. The Labute approximate surface area is 166 Å². The average Bonchev–Trinajstić information content (AvgIpc) is 2.68. The van der Waals surface area contributed by atoms with Crippen molar-refractivity contribution in [3.63, 3.8) is 0 Å². The van der Waals surface area contributed by atoms with Gasteiger partial charge in [-0.25, -0.2) is 0 Å². The number of carbonyl (C=O) groups is 2. The van der Waals surface area contributed by atoms with Crippen LogP contribution in [0.1, 0.15) is 35.2 Å². The maximum Gasteiger partial charge on any atom is 0.303 e. The molecule has 2 atom stereocenters. The van der Waals surface area contributed by atoms with Gasteiger partial charge in [0.15, 0.2) is 0 Å². The Morgan fingerprint density at radius 3 is 2.54 bits per heavy atom. The van der Waals surface area contributed by atoms with Crippen molar-refractivity contribution in [1.82, 2.24) is 14.7 Å². The normalized spacial score (nSPS) is 24.3. The number of benzene rings is 1. The van der Waals surface area contributed by atoms with Crippen LogP contribution in [0.2, 0.25) is 0 Å². The minimum absolute atomic E-state index is 0.0782. The van der Waals surface area contributed by atoms with Gasteiger partial charge in [0.2, 0.25) is 0 Å². The van der Waals surface area contributed by atoms with Gasteiger partial charge in [-0.15, -0.1) is 0 Å². The zero-order valence-corrected chi connectivity index (χ0v) is 16.8. The van der Waals surface area contributed by atoms with E-state index in [1.54, 1.807) is 25.1 Å². The summed E-state index contributed by atoms with van der Waals surface area (Å²) in [6.07, 6.45) is 1.56. The highest BCUT2D eigenvalue weighted by atomic mass is 16.4. The summed E-state index contributed by atoms with van der Waals surface area (Å²) in [6, 6.07) is 5.34. The molecule has 1 aromatic carbocycles. The summed E-state index contributed by atoms with van der Waals surface area (Å²) in [5.74, 6) is -0.592. The molecule has 2 heterocycles. The van der Waals surface area contributed by atoms with Gasteiger partial charge in [0.05, 0.1) is 0 Å². The second-order valence-corrected chi connectivity index (χ2v) is 8.09. The molecule has 0 bridgehead atoms. The molecule has 2 aliphatic rings. The average molecular weight is 389 g/mol. The first-order valence-corrected chi connectivity index (χ1v) is 10.1. The predicted octanol–water partition coefficient (Wildman–Crippen LogP) is 1.64. The third kappa shape index (κ3) is 4.64. The number of aromatic hydroxyl groups is 1. The largest absolute Gasteiger partial charge is 0.508 e. The van der Waals surface area contributed by atoms with E-state index < -0.39 is 5.97 Å². The van der Waals surface area contributed by atoms with Crippen LogP contribution in [0.15, 0.2) is 18.2 Å². The molecular formula is C21H31N3O4. The Kier molecular flexibility index (Phi) is 6.57. The number of rotatable bonds is 5. The molecule has 2 saturated heterocycles. The molecular weight excluding hydrogens is 358 g/mol. The number of carbonyl (C=O) groups excluding carboxylic acids is 1. The monoisotopic (exact) mass is 389 g/mol. The van der Waals surface area contributed by atoms with Gasteiger partial charge in [-0.2, -0.15) is 0 Å². The Hall–Kier alpha value is -2.12. The number of hydrogen-bond acceptors (Lipinski definition) is 5. The fraction of sp³-hybridized carbons (Fsp3) is 0.619. The van der Waals surface area contributed by atoms with Gasteiger partial charge >= 0.3 is 5.97 Å². The predicted molar refractivity (Wildman–Crippen MR) is 107 cm³/mol. The Bertz CT molecular complexity index is 716. The Morgan fingerprint density at radius 1 is 1.14 bits per heavy atom. The number of nitrogens with zero attached hydrogens (tertiary/aromatic N) is 3. The van der Waals surface area contributed by atoms with E-state index in [0.29, 0.717) is 36.7 Å². The fourth-order valence-electron chi connectivity index (χ4n) is 4.46. The number of likely N-dealkylation sites (N-methyl/N-ethyl adjacent to an activating group) is 1. The van der Waals surface area contributed by atoms with Crippen LogP contribution in [0, 0.1) is 12.8 Å². The minimum atomic E-state index is -0.788. The van der Waals surface area contributed by atoms with Crippen molar-refractivity contribution in [2.75, 3.05) is 46.3 Å². The molecule has 3 rings (SSSR count). The van der Waals surface area contributed by atoms with E-state index >= 15 is 0 Å². The molecule has 2 fully saturated rings. The van der Waals surface area contributed by atoms with Crippen LogP contribution in [0.4, 0.5) is 0 Å². The lowest BCUT2D eigenvalue weighted by molar-refractivity contribution is -0.137. The highest BCUT2D eigenvalue weighted by Crippen LogP contribution is 2.29. The fourth-order valence-corrected chi connectivity index (χ4v) is 4.46. The molecule has 0 aliphatic carbocycles. The number of hydrogen-bond donors (Lipinski definition) is 2. The minimum Gasteiger partial charge on any atom is -0.508 e. The lowest BCUT2D eigenvalue weighted by atomic mass is 9.86. The van der Waals surface area contributed by atoms with Gasteiger partial charge in [0.25, 0.3) is 5.91 Å². The maximum absolute atomic E-state index is 13.1. The third-order valence-electron chi connectivity index (χ3n) is 6.25. The van der Waals surface area contributed by atoms with Gasteiger partial charge in [-0.05, 0) is 44.9 Å². The quantitative estimate of drug-likeness (QED) is 0.797. The number of carboxylic acids is 1. The van der Waals surface area contributed by atoms with Crippen LogP contribution in [0.5, 0.6) is 5.75 Å². The molecule has 0 aromatic heterocycles. The molecule has 28 heavy (non-hydrogen) atoms. The first-order chi connectivity index (χ1) is 13.4. The van der Waals surface area contributed by atoms with E-state index in [0.717, 1.165) is 32.6 Å². The summed E-state index contributed by atoms with van der Waals surface area (Å²) in [6.45, 7) is 7.00. The molecule has 1 amide bonds. The second kappa shape index (κ2) is 8.92. The molecule has 7 heteroatoms. The smallest absolute Gasteiger partial charge is 0.303 e. The number of phenolic OH excluding ortho intramolecular Hbond substituents is 1. The highest BCUT2D eigenvalue weighted by molar-refractivity contribution is 5.96. The van der Waals surface area contributed by atoms with Crippen LogP contribution in [0.3, 0.4) is 0 Å². The van der Waals surface area contributed by atoms with Gasteiger partial charge < -0.3 is 20.0 Å². The van der Waals surface area contributed by atoms with E-state index in [9.17, 15) is 14.7 Å². The van der Waals surface area contributed by atoms with Crippen LogP contribution in [-0.2, 0) is 4.79 Å². The van der Waals surface area contributed by atoms with Crippen molar-refractivity contribution in [1.29, 1.82) is 0 Å². The summed E-state index contributed by atoms with van der Waals surface area (Å²) in [5.41, 5.74) is 1.12. The Morgan fingerprint density at radius 2 is 1.86 bits per heavy atom. The number of aliphatic carboxylic acids is 1. The molecule has 0 radical (unpaired) electrons. The van der Waals surface area contributed by atoms with Gasteiger partial charge in [0, 0.05) is 62.9 Å². The zero-order valence-electron chi connectivity index (χ0n) is 16.8. The van der Waals surface area contributed by atoms with E-state index in [1.807, 2.05) is 4.90 Å². The topological polar surface area (TPSA) is 84.3 Å². The standard InChI is InChI=1S/C21H31N3O4/c1-15-17(4-3-5-19(15)25)21(28)24-9-8-18(16(14-24)6-7-20(26)27)23-12-10-22(2)11-13-23/h3-5,16,18,25H,6-14H2,1-2H3,(H,26,27)/t16-,18+/m1/s1. The van der Waals surface area contributed by atoms with E-state index in [2.05, 4.69) is 16.8 Å². The number of piperidine rings is 1. The van der Waals surface area contributed by atoms with E-state index in [1.165, 1.54) is 0 Å². The summed E-state index contributed by atoms with van der Waals surface area (Å²) in [5, 5.41) is 19.1. The molecule has 0 spiro atoms. The first-order valence-electron chi connectivity index (χ1n) is 10.1. The van der Waals surface area contributed by atoms with Crippen molar-refractivity contribution in [2.45, 2.75) is 32.2 Å². The van der Waals surface area contributed by atoms with Crippen molar-refractivity contribution in [3.05, 3.63) is 29.3 Å². The summed E-state index contributed by atoms with van der Waals surface area (Å²) in [4.78, 5) is 30.8. The summed E-state index contributed by atoms with van der Waals surface area (Å²) < 4.78 is 0. The number of carboxylic acid groups (broad SMARTS) is 1. The number of likely N-dealkylation sites (tertiary alicyclic amines) is 1. The molecule has 2 N–H and O–H groups in total. The van der Waals surface area contributed by atoms with Crippen molar-refractivity contribution < 1.29 is 19.8 Å². The van der Waals surface area contributed by atoms with Crippen LogP contribution in [-0.4, -0.2) is 89.1 Å². The lowest BCUT2D eigenvalue weighted by Crippen LogP contribution is -2.57. The maximum atomic E-state index is 13.1. The van der Waals surface area contributed by atoms with E-state index in [-0.39, 0.29) is 24.0 Å². The van der Waals surface area contributed by atoms with Crippen molar-refractivity contribution >= 4 is 11.9 Å². The number of amides is 1. The Balaban J connectivity index is 1.73. The van der Waals surface area contributed by atoms with Crippen molar-refractivity contribution in [2.24, 2.45) is 5.92 Å². The van der Waals surface area contributed by atoms with Crippen molar-refractivity contribution in [3.8, 4) is 5.75 Å². The van der Waals surface area contributed by atoms with Gasteiger partial charge in [0.1, 0.15) is 5.75 Å².